The molecule has 0 amide bonds. The van der Waals surface area contributed by atoms with Crippen LogP contribution in [0, 0.1) is 35.5 Å². The Morgan fingerprint density at radius 3 is 1.71 bits per heavy atom. The van der Waals surface area contributed by atoms with Gasteiger partial charge in [-0.2, -0.15) is 0 Å². The minimum Gasteiger partial charge on any atom is -0.870 e. The molecule has 0 aromatic carbocycles. The third-order valence-electron chi connectivity index (χ3n) is 5.83. The summed E-state index contributed by atoms with van der Waals surface area (Å²) in [6.45, 7) is 4.40. The highest BCUT2D eigenvalue weighted by Crippen LogP contribution is 2.32. The van der Waals surface area contributed by atoms with E-state index in [-0.39, 0.29) is 24.9 Å². The molecule has 5 N–H and O–H groups in total. The minimum atomic E-state index is -1.33. The number of cyclic esters (lactones) is 2. The van der Waals surface area contributed by atoms with Gasteiger partial charge in [-0.15, -0.1) is 0 Å². The van der Waals surface area contributed by atoms with Gasteiger partial charge in [0.2, 0.25) is 0 Å². The average molecular weight is 509 g/mol. The highest BCUT2D eigenvalue weighted by atomic mass is 16.6. The summed E-state index contributed by atoms with van der Waals surface area (Å²) < 4.78 is 14.3. The molecule has 0 bridgehead atoms. The molecular weight excluding hydrogens is 476 g/mol. The van der Waals surface area contributed by atoms with Gasteiger partial charge in [0.1, 0.15) is 0 Å². The van der Waals surface area contributed by atoms with Crippen LogP contribution < -0.4 is 0 Å². The van der Waals surface area contributed by atoms with Crippen molar-refractivity contribution in [2.45, 2.75) is 39.7 Å². The number of hydrogen-bond acceptors (Lipinski definition) is 10. The predicted molar refractivity (Wildman–Crippen MR) is 113 cm³/mol. The average Bonchev–Trinajstić information content (AvgIpc) is 2.98. The molecule has 0 spiro atoms. The molecule has 0 aromatic heterocycles. The van der Waals surface area contributed by atoms with Crippen LogP contribution in [0.3, 0.4) is 0 Å². The van der Waals surface area contributed by atoms with Crippen molar-refractivity contribution in [1.29, 1.82) is 0 Å². The summed E-state index contributed by atoms with van der Waals surface area (Å²) in [5.41, 5.74) is 0. The van der Waals surface area contributed by atoms with Crippen LogP contribution in [-0.4, -0.2) is 88.6 Å². The molecule has 0 radical (unpaired) electrons. The van der Waals surface area contributed by atoms with Crippen LogP contribution in [0.15, 0.2) is 0 Å². The summed E-state index contributed by atoms with van der Waals surface area (Å²) in [5, 5.41) is 35.5. The molecule has 35 heavy (non-hydrogen) atoms. The summed E-state index contributed by atoms with van der Waals surface area (Å²) in [6.07, 6.45) is -0.879. The molecule has 1 aliphatic heterocycles. The van der Waals surface area contributed by atoms with Gasteiger partial charge >= 0.3 is 35.8 Å². The molecule has 7 unspecified atom stereocenters. The van der Waals surface area contributed by atoms with Crippen LogP contribution in [0.5, 0.6) is 0 Å². The Hall–Kier alpha value is -3.10. The summed E-state index contributed by atoms with van der Waals surface area (Å²) >= 11 is 0. The molecule has 1 rings (SSSR count). The zero-order valence-corrected chi connectivity index (χ0v) is 20.1. The predicted octanol–water partition coefficient (Wildman–Crippen LogP) is 0.416. The van der Waals surface area contributed by atoms with E-state index in [1.165, 1.54) is 35.0 Å². The number of carboxylic acids is 4. The Balaban J connectivity index is 0. The Morgan fingerprint density at radius 1 is 0.886 bits per heavy atom. The first-order chi connectivity index (χ1) is 15.7. The van der Waals surface area contributed by atoms with Gasteiger partial charge in [-0.25, -0.2) is 0 Å². The molecule has 1 saturated heterocycles. The third kappa shape index (κ3) is 9.96. The molecule has 14 heteroatoms. The van der Waals surface area contributed by atoms with E-state index in [1.54, 1.807) is 0 Å². The van der Waals surface area contributed by atoms with Gasteiger partial charge in [0.15, 0.2) is 0 Å². The van der Waals surface area contributed by atoms with Crippen LogP contribution in [0.25, 0.3) is 0 Å². The van der Waals surface area contributed by atoms with Gasteiger partial charge in [-0.1, -0.05) is 20.8 Å². The second kappa shape index (κ2) is 15.7. The molecule has 202 valence electrons. The summed E-state index contributed by atoms with van der Waals surface area (Å²) in [5.74, 6) is -12.0. The number of carbonyl (C=O) groups excluding carboxylic acids is 2. The molecular formula is C21H33O14-. The standard InChI is InChI=1S/C13H18O8.C8H14O5.H2O/c1-5-7(13(19)21-12(5)18)4-8(20-3)9(11(16)17)6(2)10(14)15;1-5(7(9)10)6(8(11)12)3-4-13-2;/h5-9H,4H2,1-3H3,(H,14,15)(H,16,17);5-6H,3-4H2,1-2H3,(H,9,10)(H,11,12);1H2/p-1. The maximum Gasteiger partial charge on any atom is 0.317 e. The first-order valence-corrected chi connectivity index (χ1v) is 10.4. The summed E-state index contributed by atoms with van der Waals surface area (Å²) in [7, 11) is 2.69. The first kappa shape index (κ1) is 34.1. The molecule has 1 heterocycles. The van der Waals surface area contributed by atoms with E-state index in [9.17, 15) is 33.9 Å². The fourth-order valence-corrected chi connectivity index (χ4v) is 3.43. The minimum absolute atomic E-state index is 0. The number of aliphatic carboxylic acids is 4. The lowest BCUT2D eigenvalue weighted by molar-refractivity contribution is -0.160. The zero-order valence-electron chi connectivity index (χ0n) is 20.1. The van der Waals surface area contributed by atoms with E-state index in [0.29, 0.717) is 0 Å². The Bertz CT molecular complexity index is 763. The van der Waals surface area contributed by atoms with E-state index in [4.69, 9.17) is 24.8 Å². The van der Waals surface area contributed by atoms with Crippen molar-refractivity contribution in [3.63, 3.8) is 0 Å². The normalized spacial score (nSPS) is 21.2. The molecule has 0 saturated carbocycles. The van der Waals surface area contributed by atoms with E-state index in [2.05, 4.69) is 4.74 Å². The second-order valence-corrected chi connectivity index (χ2v) is 7.99. The van der Waals surface area contributed by atoms with Gasteiger partial charge < -0.3 is 40.1 Å². The number of carbonyl (C=O) groups is 6. The number of rotatable bonds is 13. The summed E-state index contributed by atoms with van der Waals surface area (Å²) in [6, 6.07) is 0. The highest BCUT2D eigenvalue weighted by Gasteiger charge is 2.46. The first-order valence-electron chi connectivity index (χ1n) is 10.4. The Kier molecular flexibility index (Phi) is 15.3. The number of ether oxygens (including phenoxy) is 3. The molecule has 1 aliphatic rings. The van der Waals surface area contributed by atoms with Crippen molar-refractivity contribution < 1.29 is 68.9 Å². The van der Waals surface area contributed by atoms with Crippen molar-refractivity contribution in [3.8, 4) is 0 Å². The maximum atomic E-state index is 11.6. The van der Waals surface area contributed by atoms with Crippen LogP contribution in [0.4, 0.5) is 0 Å². The monoisotopic (exact) mass is 509 g/mol. The smallest absolute Gasteiger partial charge is 0.317 e. The number of hydrogen-bond donors (Lipinski definition) is 4. The number of methoxy groups -OCH3 is 2. The van der Waals surface area contributed by atoms with E-state index in [0.717, 1.165) is 0 Å². The van der Waals surface area contributed by atoms with Gasteiger partial charge in [0, 0.05) is 20.8 Å². The summed E-state index contributed by atoms with van der Waals surface area (Å²) in [4.78, 5) is 66.4. The maximum absolute atomic E-state index is 11.6. The highest BCUT2D eigenvalue weighted by molar-refractivity contribution is 5.96. The van der Waals surface area contributed by atoms with E-state index < -0.39 is 77.4 Å². The molecule has 0 aliphatic carbocycles. The lowest BCUT2D eigenvalue weighted by Gasteiger charge is -2.27. The SMILES string of the molecule is COC(CC1C(=O)OC(=O)C1C)C(C(=O)O)C(C)C(=O)O.COCCC(C(=O)O)C(C)C(=O)O.[OH-]. The zero-order chi connectivity index (χ0) is 26.7. The van der Waals surface area contributed by atoms with E-state index >= 15 is 0 Å². The lowest BCUT2D eigenvalue weighted by Crippen LogP contribution is -2.40. The van der Waals surface area contributed by atoms with Crippen LogP contribution in [0.1, 0.15) is 33.6 Å². The number of carboxylic acid groups (broad SMARTS) is 4. The lowest BCUT2D eigenvalue weighted by atomic mass is 9.81. The molecule has 7 atom stereocenters. The van der Waals surface area contributed by atoms with Gasteiger partial charge in [0.05, 0.1) is 41.6 Å². The number of esters is 2. The van der Waals surface area contributed by atoms with Crippen molar-refractivity contribution in [2.24, 2.45) is 35.5 Å². The second-order valence-electron chi connectivity index (χ2n) is 7.99. The fraction of sp³-hybridized carbons (Fsp3) is 0.714. The quantitative estimate of drug-likeness (QED) is 0.194. The van der Waals surface area contributed by atoms with Crippen molar-refractivity contribution in [3.05, 3.63) is 0 Å². The Morgan fingerprint density at radius 2 is 1.40 bits per heavy atom. The van der Waals surface area contributed by atoms with Crippen molar-refractivity contribution >= 4 is 35.8 Å². The van der Waals surface area contributed by atoms with Gasteiger partial charge in [-0.05, 0) is 12.8 Å². The van der Waals surface area contributed by atoms with Crippen molar-refractivity contribution in [2.75, 3.05) is 20.8 Å². The van der Waals surface area contributed by atoms with Crippen LogP contribution >= 0.6 is 0 Å². The van der Waals surface area contributed by atoms with E-state index in [1.807, 2.05) is 0 Å². The molecule has 14 nitrogen and oxygen atoms in total. The van der Waals surface area contributed by atoms with Crippen LogP contribution in [0.2, 0.25) is 0 Å². The van der Waals surface area contributed by atoms with Crippen LogP contribution in [-0.2, 0) is 43.0 Å². The van der Waals surface area contributed by atoms with Gasteiger partial charge in [-0.3, -0.25) is 28.8 Å². The fourth-order valence-electron chi connectivity index (χ4n) is 3.43. The Labute approximate surface area is 201 Å². The van der Waals surface area contributed by atoms with Crippen molar-refractivity contribution in [1.82, 2.24) is 0 Å². The topological polar surface area (TPSA) is 241 Å². The largest absolute Gasteiger partial charge is 0.870 e. The molecule has 1 fully saturated rings. The molecule has 0 aromatic rings. The van der Waals surface area contributed by atoms with Gasteiger partial charge in [0.25, 0.3) is 0 Å². The third-order valence-corrected chi connectivity index (χ3v) is 5.83.